The molecule has 0 radical (unpaired) electrons. The molecule has 7 heteroatoms. The molecular weight excluding hydrogens is 357 g/mol. The molecule has 0 aliphatic heterocycles. The topological polar surface area (TPSA) is 64.7 Å². The van der Waals surface area contributed by atoms with E-state index < -0.39 is 0 Å². The van der Waals surface area contributed by atoms with Gasteiger partial charge in [-0.25, -0.2) is 4.39 Å². The van der Waals surface area contributed by atoms with Crippen LogP contribution in [0.3, 0.4) is 0 Å². The zero-order valence-corrected chi connectivity index (χ0v) is 15.5. The molecule has 0 spiro atoms. The number of carbonyl (C=O) groups excluding carboxylic acids is 1. The number of para-hydroxylation sites is 1. The number of anilines is 1. The van der Waals surface area contributed by atoms with Crippen LogP contribution in [-0.4, -0.2) is 25.5 Å². The molecule has 28 heavy (non-hydrogen) atoms. The highest BCUT2D eigenvalue weighted by molar-refractivity contribution is 5.90. The summed E-state index contributed by atoms with van der Waals surface area (Å²) in [7, 11) is 0. The summed E-state index contributed by atoms with van der Waals surface area (Å²) < 4.78 is 17.2. The first-order chi connectivity index (χ1) is 13.6. The summed E-state index contributed by atoms with van der Waals surface area (Å²) in [4.78, 5) is 12.3. The van der Waals surface area contributed by atoms with Gasteiger partial charge in [0.15, 0.2) is 0 Å². The first kappa shape index (κ1) is 17.9. The number of nitrogens with zero attached hydrogens (tertiary/aromatic N) is 4. The molecule has 2 aromatic carbocycles. The van der Waals surface area contributed by atoms with Gasteiger partial charge in [0, 0.05) is 23.6 Å². The fraction of sp³-hybridized carbons (Fsp3) is 0.190. The highest BCUT2D eigenvalue weighted by Crippen LogP contribution is 2.18. The van der Waals surface area contributed by atoms with E-state index in [1.165, 1.54) is 6.07 Å². The van der Waals surface area contributed by atoms with Gasteiger partial charge in [-0.15, -0.1) is 0 Å². The lowest BCUT2D eigenvalue weighted by molar-refractivity contribution is -0.116. The smallest absolute Gasteiger partial charge is 0.226 e. The molecule has 4 aromatic rings. The number of benzene rings is 2. The minimum atomic E-state index is -0.273. The molecule has 0 aliphatic rings. The van der Waals surface area contributed by atoms with Crippen LogP contribution < -0.4 is 5.32 Å². The van der Waals surface area contributed by atoms with Crippen LogP contribution in [-0.2, 0) is 17.9 Å². The Morgan fingerprint density at radius 2 is 1.96 bits per heavy atom. The molecule has 0 saturated heterocycles. The van der Waals surface area contributed by atoms with E-state index in [2.05, 4.69) is 15.5 Å². The van der Waals surface area contributed by atoms with Crippen molar-refractivity contribution in [2.75, 3.05) is 5.32 Å². The summed E-state index contributed by atoms with van der Waals surface area (Å²) in [5.41, 5.74) is 3.31. The molecule has 0 aliphatic carbocycles. The van der Waals surface area contributed by atoms with E-state index >= 15 is 0 Å². The van der Waals surface area contributed by atoms with Crippen LogP contribution in [0, 0.1) is 12.7 Å². The van der Waals surface area contributed by atoms with Crippen molar-refractivity contribution in [2.45, 2.75) is 26.4 Å². The zero-order chi connectivity index (χ0) is 19.5. The van der Waals surface area contributed by atoms with Crippen LogP contribution in [0.15, 0.2) is 61.1 Å². The van der Waals surface area contributed by atoms with E-state index in [0.29, 0.717) is 30.8 Å². The van der Waals surface area contributed by atoms with E-state index in [0.717, 1.165) is 16.5 Å². The summed E-state index contributed by atoms with van der Waals surface area (Å²) in [5.74, 6) is -0.395. The standard InChI is InChI=1S/C21H20FN5O/c1-15-5-4-7-16-11-24-27(21(15)16)10-9-20(28)25-18-12-23-26(14-18)13-17-6-2-3-8-19(17)22/h2-8,11-12,14H,9-10,13H2,1H3,(H,25,28). The summed E-state index contributed by atoms with van der Waals surface area (Å²) >= 11 is 0. The van der Waals surface area contributed by atoms with Crippen LogP contribution in [0.2, 0.25) is 0 Å². The third-order valence-electron chi connectivity index (χ3n) is 4.62. The second-order valence-electron chi connectivity index (χ2n) is 6.70. The first-order valence-electron chi connectivity index (χ1n) is 9.07. The van der Waals surface area contributed by atoms with E-state index in [1.807, 2.05) is 36.0 Å². The number of fused-ring (bicyclic) bond motifs is 1. The van der Waals surface area contributed by atoms with E-state index in [1.54, 1.807) is 35.3 Å². The zero-order valence-electron chi connectivity index (χ0n) is 15.5. The number of amides is 1. The third kappa shape index (κ3) is 3.78. The summed E-state index contributed by atoms with van der Waals surface area (Å²) in [6.07, 6.45) is 5.36. The molecule has 4 rings (SSSR count). The van der Waals surface area contributed by atoms with Gasteiger partial charge in [0.1, 0.15) is 5.82 Å². The summed E-state index contributed by atoms with van der Waals surface area (Å²) in [6, 6.07) is 12.6. The van der Waals surface area contributed by atoms with E-state index in [-0.39, 0.29) is 11.7 Å². The molecule has 0 fully saturated rings. The second-order valence-corrected chi connectivity index (χ2v) is 6.70. The molecule has 0 unspecified atom stereocenters. The maximum atomic E-state index is 13.7. The van der Waals surface area contributed by atoms with Crippen molar-refractivity contribution in [3.8, 4) is 0 Å². The fourth-order valence-corrected chi connectivity index (χ4v) is 3.24. The minimum Gasteiger partial charge on any atom is -0.323 e. The van der Waals surface area contributed by atoms with Gasteiger partial charge in [0.05, 0.1) is 36.7 Å². The molecule has 1 N–H and O–H groups in total. The Kier molecular flexibility index (Phi) is 4.89. The predicted molar refractivity (Wildman–Crippen MR) is 105 cm³/mol. The number of aryl methyl sites for hydroxylation is 2. The second kappa shape index (κ2) is 7.64. The van der Waals surface area contributed by atoms with Gasteiger partial charge in [-0.1, -0.05) is 36.4 Å². The number of hydrogen-bond acceptors (Lipinski definition) is 3. The van der Waals surface area contributed by atoms with Crippen molar-refractivity contribution in [3.05, 3.63) is 78.0 Å². The van der Waals surface area contributed by atoms with Gasteiger partial charge in [-0.05, 0) is 18.6 Å². The molecule has 0 atom stereocenters. The Bertz CT molecular complexity index is 1130. The largest absolute Gasteiger partial charge is 0.323 e. The van der Waals surface area contributed by atoms with E-state index in [4.69, 9.17) is 0 Å². The van der Waals surface area contributed by atoms with Gasteiger partial charge in [0.25, 0.3) is 0 Å². The average molecular weight is 377 g/mol. The lowest BCUT2D eigenvalue weighted by atomic mass is 10.2. The number of hydrogen-bond donors (Lipinski definition) is 1. The van der Waals surface area contributed by atoms with Crippen LogP contribution in [0.25, 0.3) is 10.9 Å². The van der Waals surface area contributed by atoms with E-state index in [9.17, 15) is 9.18 Å². The van der Waals surface area contributed by atoms with Crippen LogP contribution in [0.1, 0.15) is 17.5 Å². The molecule has 2 heterocycles. The molecule has 142 valence electrons. The molecule has 1 amide bonds. The summed E-state index contributed by atoms with van der Waals surface area (Å²) in [5, 5.41) is 12.5. The van der Waals surface area contributed by atoms with Gasteiger partial charge < -0.3 is 5.32 Å². The highest BCUT2D eigenvalue weighted by atomic mass is 19.1. The Balaban J connectivity index is 1.36. The SMILES string of the molecule is Cc1cccc2cnn(CCC(=O)Nc3cnn(Cc4ccccc4F)c3)c12. The minimum absolute atomic E-state index is 0.123. The number of rotatable bonds is 6. The Morgan fingerprint density at radius 3 is 2.82 bits per heavy atom. The molecule has 0 bridgehead atoms. The van der Waals surface area contributed by atoms with Gasteiger partial charge in [-0.3, -0.25) is 14.2 Å². The molecule has 6 nitrogen and oxygen atoms in total. The quantitative estimate of drug-likeness (QED) is 0.556. The van der Waals surface area contributed by atoms with Crippen molar-refractivity contribution >= 4 is 22.5 Å². The average Bonchev–Trinajstić information content (AvgIpc) is 3.29. The third-order valence-corrected chi connectivity index (χ3v) is 4.62. The monoisotopic (exact) mass is 377 g/mol. The lowest BCUT2D eigenvalue weighted by Gasteiger charge is -2.06. The van der Waals surface area contributed by atoms with Crippen LogP contribution in [0.5, 0.6) is 0 Å². The van der Waals surface area contributed by atoms with Gasteiger partial charge in [-0.2, -0.15) is 10.2 Å². The van der Waals surface area contributed by atoms with Gasteiger partial charge in [0.2, 0.25) is 5.91 Å². The normalized spacial score (nSPS) is 11.1. The Labute approximate surface area is 161 Å². The molecule has 2 aromatic heterocycles. The molecule has 0 saturated carbocycles. The van der Waals surface area contributed by atoms with Crippen molar-refractivity contribution in [3.63, 3.8) is 0 Å². The number of carbonyl (C=O) groups is 1. The molecular formula is C21H20FN5O. The maximum Gasteiger partial charge on any atom is 0.226 e. The van der Waals surface area contributed by atoms with Crippen molar-refractivity contribution in [1.29, 1.82) is 0 Å². The van der Waals surface area contributed by atoms with Gasteiger partial charge >= 0.3 is 0 Å². The Morgan fingerprint density at radius 1 is 1.11 bits per heavy atom. The first-order valence-corrected chi connectivity index (χ1v) is 9.07. The fourth-order valence-electron chi connectivity index (χ4n) is 3.24. The number of halogens is 1. The maximum absolute atomic E-state index is 13.7. The predicted octanol–water partition coefficient (Wildman–Crippen LogP) is 3.76. The van der Waals surface area contributed by atoms with Crippen LogP contribution >= 0.6 is 0 Å². The summed E-state index contributed by atoms with van der Waals surface area (Å²) in [6.45, 7) is 2.83. The van der Waals surface area contributed by atoms with Crippen molar-refractivity contribution in [2.24, 2.45) is 0 Å². The van der Waals surface area contributed by atoms with Crippen molar-refractivity contribution < 1.29 is 9.18 Å². The highest BCUT2D eigenvalue weighted by Gasteiger charge is 2.10. The lowest BCUT2D eigenvalue weighted by Crippen LogP contribution is -2.15. The van der Waals surface area contributed by atoms with Crippen molar-refractivity contribution in [1.82, 2.24) is 19.6 Å². The number of aromatic nitrogens is 4. The Hall–Kier alpha value is -3.48. The number of nitrogens with one attached hydrogen (secondary N) is 1. The van der Waals surface area contributed by atoms with Crippen LogP contribution in [0.4, 0.5) is 10.1 Å².